The van der Waals surface area contributed by atoms with Crippen LogP contribution in [-0.4, -0.2) is 39.2 Å². The first-order chi connectivity index (χ1) is 15.0. The zero-order valence-corrected chi connectivity index (χ0v) is 16.9. The molecule has 0 saturated carbocycles. The number of nitrogens with one attached hydrogen (secondary N) is 1. The van der Waals surface area contributed by atoms with Gasteiger partial charge in [0.2, 0.25) is 0 Å². The topological polar surface area (TPSA) is 90.6 Å². The smallest absolute Gasteiger partial charge is 0.258 e. The Labute approximate surface area is 177 Å². The van der Waals surface area contributed by atoms with E-state index in [1.165, 1.54) is 18.2 Å². The third kappa shape index (κ3) is 4.77. The Bertz CT molecular complexity index is 1210. The van der Waals surface area contributed by atoms with E-state index in [-0.39, 0.29) is 18.3 Å². The van der Waals surface area contributed by atoms with Crippen molar-refractivity contribution in [1.29, 1.82) is 0 Å². The molecule has 0 unspecified atom stereocenters. The Morgan fingerprint density at radius 3 is 2.71 bits per heavy atom. The highest BCUT2D eigenvalue weighted by molar-refractivity contribution is 5.77. The maximum absolute atomic E-state index is 13.2. The van der Waals surface area contributed by atoms with Gasteiger partial charge in [-0.3, -0.25) is 4.79 Å². The minimum Gasteiger partial charge on any atom is -0.497 e. The number of carbonyl (C=O) groups is 1. The predicted octanol–water partition coefficient (Wildman–Crippen LogP) is 3.20. The normalized spacial score (nSPS) is 11.8. The Morgan fingerprint density at radius 1 is 1.16 bits per heavy atom. The summed E-state index contributed by atoms with van der Waals surface area (Å²) in [6.07, 6.45) is 1.58. The average Bonchev–Trinajstić information content (AvgIpc) is 3.21. The Morgan fingerprint density at radius 2 is 1.97 bits per heavy atom. The van der Waals surface area contributed by atoms with Crippen molar-refractivity contribution in [1.82, 2.24) is 24.9 Å². The van der Waals surface area contributed by atoms with Crippen molar-refractivity contribution in [3.8, 4) is 22.8 Å². The second kappa shape index (κ2) is 8.78. The molecule has 31 heavy (non-hydrogen) atoms. The fourth-order valence-electron chi connectivity index (χ4n) is 2.97. The number of amides is 1. The molecule has 0 saturated heterocycles. The summed E-state index contributed by atoms with van der Waals surface area (Å²) in [6.45, 7) is 1.52. The number of nitrogens with zero attached hydrogens (tertiary/aromatic N) is 4. The largest absolute Gasteiger partial charge is 0.497 e. The second-order valence-corrected chi connectivity index (χ2v) is 6.81. The SMILES string of the molecule is COc1ccc(-c2cc3nc([C@H](C)NC(=O)COc4cccc(F)c4)nn3cn2)cc1. The molecule has 0 aliphatic carbocycles. The number of hydrogen-bond donors (Lipinski definition) is 1. The van der Waals surface area contributed by atoms with Gasteiger partial charge in [0.15, 0.2) is 18.1 Å². The second-order valence-electron chi connectivity index (χ2n) is 6.81. The minimum atomic E-state index is -0.451. The number of ether oxygens (including phenoxy) is 2. The molecule has 0 spiro atoms. The molecule has 0 aliphatic rings. The number of carbonyl (C=O) groups excluding carboxylic acids is 1. The van der Waals surface area contributed by atoms with Crippen LogP contribution in [0.2, 0.25) is 0 Å². The van der Waals surface area contributed by atoms with Gasteiger partial charge in [-0.15, -0.1) is 5.10 Å². The molecular formula is C22H20FN5O3. The predicted molar refractivity (Wildman–Crippen MR) is 111 cm³/mol. The van der Waals surface area contributed by atoms with Crippen LogP contribution in [0.25, 0.3) is 16.9 Å². The third-order valence-electron chi connectivity index (χ3n) is 4.56. The molecule has 1 amide bonds. The fourth-order valence-corrected chi connectivity index (χ4v) is 2.97. The zero-order chi connectivity index (χ0) is 21.8. The van der Waals surface area contributed by atoms with Gasteiger partial charge in [0, 0.05) is 17.7 Å². The zero-order valence-electron chi connectivity index (χ0n) is 16.9. The van der Waals surface area contributed by atoms with Crippen molar-refractivity contribution in [2.75, 3.05) is 13.7 Å². The maximum atomic E-state index is 13.2. The minimum absolute atomic E-state index is 0.246. The molecular weight excluding hydrogens is 401 g/mol. The van der Waals surface area contributed by atoms with Crippen molar-refractivity contribution in [3.05, 3.63) is 72.6 Å². The molecule has 2 heterocycles. The first-order valence-corrected chi connectivity index (χ1v) is 9.56. The lowest BCUT2D eigenvalue weighted by Crippen LogP contribution is -2.31. The summed E-state index contributed by atoms with van der Waals surface area (Å²) in [6, 6.07) is 14.5. The van der Waals surface area contributed by atoms with Crippen LogP contribution in [0.4, 0.5) is 4.39 Å². The highest BCUT2D eigenvalue weighted by Gasteiger charge is 2.16. The lowest BCUT2D eigenvalue weighted by atomic mass is 10.1. The summed E-state index contributed by atoms with van der Waals surface area (Å²) in [5, 5.41) is 7.15. The lowest BCUT2D eigenvalue weighted by molar-refractivity contribution is -0.123. The molecule has 4 aromatic rings. The van der Waals surface area contributed by atoms with Crippen LogP contribution >= 0.6 is 0 Å². The summed E-state index contributed by atoms with van der Waals surface area (Å²) < 4.78 is 25.2. The van der Waals surface area contributed by atoms with Gasteiger partial charge in [0.25, 0.3) is 5.91 Å². The van der Waals surface area contributed by atoms with Crippen LogP contribution < -0.4 is 14.8 Å². The third-order valence-corrected chi connectivity index (χ3v) is 4.56. The summed E-state index contributed by atoms with van der Waals surface area (Å²) in [7, 11) is 1.62. The number of methoxy groups -OCH3 is 1. The van der Waals surface area contributed by atoms with Gasteiger partial charge in [0.05, 0.1) is 18.8 Å². The van der Waals surface area contributed by atoms with Crippen LogP contribution in [0, 0.1) is 5.82 Å². The summed E-state index contributed by atoms with van der Waals surface area (Å²) in [4.78, 5) is 21.1. The molecule has 4 rings (SSSR count). The number of hydrogen-bond acceptors (Lipinski definition) is 6. The number of halogens is 1. The van der Waals surface area contributed by atoms with E-state index >= 15 is 0 Å². The number of rotatable bonds is 7. The van der Waals surface area contributed by atoms with E-state index in [4.69, 9.17) is 9.47 Å². The number of aromatic nitrogens is 4. The van der Waals surface area contributed by atoms with Crippen molar-refractivity contribution in [2.24, 2.45) is 0 Å². The molecule has 0 fully saturated rings. The summed E-state index contributed by atoms with van der Waals surface area (Å²) in [5.74, 6) is 0.689. The van der Waals surface area contributed by atoms with E-state index in [0.29, 0.717) is 11.5 Å². The monoisotopic (exact) mass is 421 g/mol. The van der Waals surface area contributed by atoms with Gasteiger partial charge < -0.3 is 14.8 Å². The molecule has 0 bridgehead atoms. The number of benzene rings is 2. The molecule has 2 aromatic carbocycles. The molecule has 158 valence electrons. The average molecular weight is 421 g/mol. The van der Waals surface area contributed by atoms with Crippen LogP contribution in [0.1, 0.15) is 18.8 Å². The van der Waals surface area contributed by atoms with Crippen LogP contribution in [0.5, 0.6) is 11.5 Å². The van der Waals surface area contributed by atoms with Gasteiger partial charge >= 0.3 is 0 Å². The fraction of sp³-hybridized carbons (Fsp3) is 0.182. The molecule has 2 aromatic heterocycles. The van der Waals surface area contributed by atoms with Crippen molar-refractivity contribution in [3.63, 3.8) is 0 Å². The lowest BCUT2D eigenvalue weighted by Gasteiger charge is -2.11. The van der Waals surface area contributed by atoms with Crippen molar-refractivity contribution >= 4 is 11.6 Å². The maximum Gasteiger partial charge on any atom is 0.258 e. The van der Waals surface area contributed by atoms with Gasteiger partial charge in [-0.2, -0.15) is 0 Å². The van der Waals surface area contributed by atoms with Gasteiger partial charge in [-0.25, -0.2) is 18.9 Å². The van der Waals surface area contributed by atoms with E-state index < -0.39 is 11.9 Å². The van der Waals surface area contributed by atoms with E-state index in [9.17, 15) is 9.18 Å². The Hall–Kier alpha value is -4.01. The molecule has 0 radical (unpaired) electrons. The van der Waals surface area contributed by atoms with E-state index in [0.717, 1.165) is 17.0 Å². The molecule has 9 heteroatoms. The van der Waals surface area contributed by atoms with Crippen LogP contribution in [0.15, 0.2) is 60.9 Å². The Kier molecular flexibility index (Phi) is 5.74. The van der Waals surface area contributed by atoms with E-state index in [2.05, 4.69) is 20.4 Å². The molecule has 0 aliphatic heterocycles. The summed E-state index contributed by atoms with van der Waals surface area (Å²) >= 11 is 0. The van der Waals surface area contributed by atoms with E-state index in [1.807, 2.05) is 30.3 Å². The molecule has 1 N–H and O–H groups in total. The van der Waals surface area contributed by atoms with Gasteiger partial charge in [0.1, 0.15) is 23.6 Å². The van der Waals surface area contributed by atoms with Crippen LogP contribution in [-0.2, 0) is 4.79 Å². The van der Waals surface area contributed by atoms with Gasteiger partial charge in [-0.05, 0) is 43.3 Å². The quantitative estimate of drug-likeness (QED) is 0.493. The first kappa shape index (κ1) is 20.3. The first-order valence-electron chi connectivity index (χ1n) is 9.56. The molecule has 8 nitrogen and oxygen atoms in total. The number of fused-ring (bicyclic) bond motifs is 1. The van der Waals surface area contributed by atoms with Crippen molar-refractivity contribution in [2.45, 2.75) is 13.0 Å². The highest BCUT2D eigenvalue weighted by Crippen LogP contribution is 2.21. The van der Waals surface area contributed by atoms with E-state index in [1.54, 1.807) is 30.9 Å². The van der Waals surface area contributed by atoms with Crippen LogP contribution in [0.3, 0.4) is 0 Å². The molecule has 1 atom stereocenters. The van der Waals surface area contributed by atoms with Gasteiger partial charge in [-0.1, -0.05) is 6.07 Å². The summed E-state index contributed by atoms with van der Waals surface area (Å²) in [5.41, 5.74) is 2.27. The van der Waals surface area contributed by atoms with Crippen molar-refractivity contribution < 1.29 is 18.7 Å². The standard InChI is InChI=1S/C22H20FN5O3/c1-14(25-21(29)12-31-18-5-3-4-16(23)10-18)22-26-20-11-19(24-13-28(20)27-22)15-6-8-17(30-2)9-7-15/h3-11,13-14H,12H2,1-2H3,(H,25,29)/t14-/m0/s1. The Balaban J connectivity index is 1.42. The highest BCUT2D eigenvalue weighted by atomic mass is 19.1.